The molecule has 0 N–H and O–H groups in total. The lowest BCUT2D eigenvalue weighted by Crippen LogP contribution is -2.51. The molecule has 1 aliphatic heterocycles. The molecule has 2 aromatic rings. The Morgan fingerprint density at radius 2 is 1.42 bits per heavy atom. The maximum atomic E-state index is 12.5. The summed E-state index contributed by atoms with van der Waals surface area (Å²) in [7, 11) is 1.56. The van der Waals surface area contributed by atoms with Crippen molar-refractivity contribution in [1.29, 1.82) is 0 Å². The summed E-state index contributed by atoms with van der Waals surface area (Å²) in [6.07, 6.45) is 1.01. The third kappa shape index (κ3) is 6.52. The van der Waals surface area contributed by atoms with E-state index in [-0.39, 0.29) is 18.4 Å². The van der Waals surface area contributed by atoms with Crippen LogP contribution in [0.15, 0.2) is 48.5 Å². The molecule has 0 spiro atoms. The Morgan fingerprint density at radius 1 is 0.839 bits per heavy atom. The molecule has 0 saturated carbocycles. The first-order valence-electron chi connectivity index (χ1n) is 10.3. The minimum absolute atomic E-state index is 0.0618. The molecule has 2 aromatic carbocycles. The number of halogens is 1. The van der Waals surface area contributed by atoms with Gasteiger partial charge in [-0.2, -0.15) is 0 Å². The van der Waals surface area contributed by atoms with Crippen LogP contribution in [0.1, 0.15) is 12.8 Å². The number of para-hydroxylation sites is 3. The first kappa shape index (κ1) is 22.7. The predicted molar refractivity (Wildman–Crippen MR) is 118 cm³/mol. The summed E-state index contributed by atoms with van der Waals surface area (Å²) in [5.74, 6) is 1.71. The molecular formula is C23H27ClN2O5. The second kappa shape index (κ2) is 11.5. The molecule has 0 atom stereocenters. The average molecular weight is 447 g/mol. The molecule has 31 heavy (non-hydrogen) atoms. The topological polar surface area (TPSA) is 68.3 Å². The van der Waals surface area contributed by atoms with E-state index >= 15 is 0 Å². The molecular weight excluding hydrogens is 420 g/mol. The van der Waals surface area contributed by atoms with E-state index in [1.807, 2.05) is 24.3 Å². The van der Waals surface area contributed by atoms with E-state index in [1.165, 1.54) is 0 Å². The minimum Gasteiger partial charge on any atom is -0.493 e. The van der Waals surface area contributed by atoms with Crippen LogP contribution in [0.5, 0.6) is 17.2 Å². The van der Waals surface area contributed by atoms with Crippen molar-refractivity contribution in [2.24, 2.45) is 0 Å². The van der Waals surface area contributed by atoms with Crippen molar-refractivity contribution in [1.82, 2.24) is 9.80 Å². The van der Waals surface area contributed by atoms with Gasteiger partial charge in [0, 0.05) is 32.6 Å². The van der Waals surface area contributed by atoms with Gasteiger partial charge in [-0.1, -0.05) is 35.9 Å². The van der Waals surface area contributed by atoms with Gasteiger partial charge in [0.15, 0.2) is 18.1 Å². The van der Waals surface area contributed by atoms with Crippen LogP contribution in [0, 0.1) is 0 Å². The van der Waals surface area contributed by atoms with E-state index in [0.29, 0.717) is 67.9 Å². The second-order valence-electron chi connectivity index (χ2n) is 7.08. The van der Waals surface area contributed by atoms with Crippen LogP contribution in [-0.2, 0) is 9.59 Å². The van der Waals surface area contributed by atoms with E-state index < -0.39 is 0 Å². The van der Waals surface area contributed by atoms with E-state index in [1.54, 1.807) is 41.2 Å². The summed E-state index contributed by atoms with van der Waals surface area (Å²) < 4.78 is 16.5. The molecule has 1 heterocycles. The van der Waals surface area contributed by atoms with Crippen molar-refractivity contribution in [2.75, 3.05) is 46.5 Å². The molecule has 0 unspecified atom stereocenters. The SMILES string of the molecule is COc1ccccc1OCC(=O)N1CCN(C(=O)CCCOc2ccccc2Cl)CC1. The fourth-order valence-electron chi connectivity index (χ4n) is 3.30. The Bertz CT molecular complexity index is 884. The van der Waals surface area contributed by atoms with Crippen molar-refractivity contribution < 1.29 is 23.8 Å². The predicted octanol–water partition coefficient (Wildman–Crippen LogP) is 3.26. The summed E-state index contributed by atoms with van der Waals surface area (Å²) in [6.45, 7) is 2.39. The van der Waals surface area contributed by atoms with Gasteiger partial charge in [0.2, 0.25) is 5.91 Å². The minimum atomic E-state index is -0.105. The van der Waals surface area contributed by atoms with E-state index in [4.69, 9.17) is 25.8 Å². The number of carbonyl (C=O) groups is 2. The maximum Gasteiger partial charge on any atom is 0.260 e. The van der Waals surface area contributed by atoms with Crippen LogP contribution in [0.25, 0.3) is 0 Å². The highest BCUT2D eigenvalue weighted by Gasteiger charge is 2.24. The number of amides is 2. The molecule has 166 valence electrons. The monoisotopic (exact) mass is 446 g/mol. The van der Waals surface area contributed by atoms with Gasteiger partial charge in [0.25, 0.3) is 5.91 Å². The number of nitrogens with zero attached hydrogens (tertiary/aromatic N) is 2. The van der Waals surface area contributed by atoms with Gasteiger partial charge in [0.05, 0.1) is 18.7 Å². The number of methoxy groups -OCH3 is 1. The smallest absolute Gasteiger partial charge is 0.260 e. The lowest BCUT2D eigenvalue weighted by molar-refractivity contribution is -0.140. The summed E-state index contributed by atoms with van der Waals surface area (Å²) >= 11 is 6.05. The van der Waals surface area contributed by atoms with E-state index in [2.05, 4.69) is 0 Å². The summed E-state index contributed by atoms with van der Waals surface area (Å²) in [5.41, 5.74) is 0. The largest absolute Gasteiger partial charge is 0.493 e. The Labute approximate surface area is 187 Å². The highest BCUT2D eigenvalue weighted by molar-refractivity contribution is 6.32. The van der Waals surface area contributed by atoms with Gasteiger partial charge < -0.3 is 24.0 Å². The third-order valence-electron chi connectivity index (χ3n) is 5.03. The summed E-state index contributed by atoms with van der Waals surface area (Å²) in [6, 6.07) is 14.5. The molecule has 7 nitrogen and oxygen atoms in total. The van der Waals surface area contributed by atoms with Crippen molar-refractivity contribution in [3.63, 3.8) is 0 Å². The summed E-state index contributed by atoms with van der Waals surface area (Å²) in [5, 5.41) is 0.560. The standard InChI is InChI=1S/C23H27ClN2O5/c1-29-20-9-4-5-10-21(20)31-17-23(28)26-14-12-25(13-15-26)22(27)11-6-16-30-19-8-3-2-7-18(19)24/h2-5,7-10H,6,11-17H2,1H3. The van der Waals surface area contributed by atoms with Crippen molar-refractivity contribution in [2.45, 2.75) is 12.8 Å². The average Bonchev–Trinajstić information content (AvgIpc) is 2.81. The van der Waals surface area contributed by atoms with Gasteiger partial charge in [-0.15, -0.1) is 0 Å². The Morgan fingerprint density at radius 3 is 2.06 bits per heavy atom. The zero-order valence-corrected chi connectivity index (χ0v) is 18.3. The first-order valence-corrected chi connectivity index (χ1v) is 10.6. The van der Waals surface area contributed by atoms with Crippen molar-refractivity contribution >= 4 is 23.4 Å². The molecule has 0 bridgehead atoms. The second-order valence-corrected chi connectivity index (χ2v) is 7.49. The Kier molecular flexibility index (Phi) is 8.41. The van der Waals surface area contributed by atoms with Crippen LogP contribution in [0.2, 0.25) is 5.02 Å². The fraction of sp³-hybridized carbons (Fsp3) is 0.391. The molecule has 2 amide bonds. The Balaban J connectivity index is 1.35. The lowest BCUT2D eigenvalue weighted by Gasteiger charge is -2.34. The zero-order chi connectivity index (χ0) is 22.1. The van der Waals surface area contributed by atoms with Gasteiger partial charge in [0.1, 0.15) is 5.75 Å². The Hall–Kier alpha value is -2.93. The van der Waals surface area contributed by atoms with Crippen LogP contribution in [0.3, 0.4) is 0 Å². The molecule has 1 saturated heterocycles. The third-order valence-corrected chi connectivity index (χ3v) is 5.35. The maximum absolute atomic E-state index is 12.5. The lowest BCUT2D eigenvalue weighted by atomic mass is 10.2. The van der Waals surface area contributed by atoms with Gasteiger partial charge in [-0.3, -0.25) is 9.59 Å². The normalized spacial score (nSPS) is 13.6. The van der Waals surface area contributed by atoms with Gasteiger partial charge in [-0.05, 0) is 30.7 Å². The fourth-order valence-corrected chi connectivity index (χ4v) is 3.49. The number of carbonyl (C=O) groups excluding carboxylic acids is 2. The molecule has 0 aliphatic carbocycles. The first-order chi connectivity index (χ1) is 15.1. The van der Waals surface area contributed by atoms with Crippen LogP contribution >= 0.6 is 11.6 Å². The summed E-state index contributed by atoms with van der Waals surface area (Å²) in [4.78, 5) is 28.4. The van der Waals surface area contributed by atoms with Crippen LogP contribution < -0.4 is 14.2 Å². The number of benzene rings is 2. The molecule has 3 rings (SSSR count). The highest BCUT2D eigenvalue weighted by Crippen LogP contribution is 2.26. The zero-order valence-electron chi connectivity index (χ0n) is 17.6. The molecule has 1 fully saturated rings. The van der Waals surface area contributed by atoms with E-state index in [9.17, 15) is 9.59 Å². The molecule has 1 aliphatic rings. The van der Waals surface area contributed by atoms with Gasteiger partial charge >= 0.3 is 0 Å². The number of hydrogen-bond acceptors (Lipinski definition) is 5. The number of rotatable bonds is 9. The number of hydrogen-bond donors (Lipinski definition) is 0. The van der Waals surface area contributed by atoms with Crippen molar-refractivity contribution in [3.8, 4) is 17.2 Å². The molecule has 0 radical (unpaired) electrons. The van der Waals surface area contributed by atoms with Crippen LogP contribution in [0.4, 0.5) is 0 Å². The van der Waals surface area contributed by atoms with Crippen LogP contribution in [-0.4, -0.2) is 68.1 Å². The number of piperazine rings is 1. The number of ether oxygens (including phenoxy) is 3. The van der Waals surface area contributed by atoms with Gasteiger partial charge in [-0.25, -0.2) is 0 Å². The quantitative estimate of drug-likeness (QED) is 0.553. The van der Waals surface area contributed by atoms with E-state index in [0.717, 1.165) is 0 Å². The van der Waals surface area contributed by atoms with Crippen molar-refractivity contribution in [3.05, 3.63) is 53.6 Å². The molecule has 8 heteroatoms. The molecule has 0 aromatic heterocycles. The highest BCUT2D eigenvalue weighted by atomic mass is 35.5.